The van der Waals surface area contributed by atoms with Crippen LogP contribution in [-0.4, -0.2) is 49.1 Å². The highest BCUT2D eigenvalue weighted by Gasteiger charge is 2.31. The number of nitrogens with zero attached hydrogens (tertiary/aromatic N) is 2. The Morgan fingerprint density at radius 1 is 0.756 bits per heavy atom. The van der Waals surface area contributed by atoms with Crippen molar-refractivity contribution < 1.29 is 18.0 Å². The zero-order valence-corrected chi connectivity index (χ0v) is 26.7. The third-order valence-electron chi connectivity index (χ3n) is 8.07. The summed E-state index contributed by atoms with van der Waals surface area (Å²) in [5, 5.41) is 3.65. The highest BCUT2D eigenvalue weighted by molar-refractivity contribution is 7.89. The van der Waals surface area contributed by atoms with Crippen molar-refractivity contribution >= 4 is 33.4 Å². The van der Waals surface area contributed by atoms with Gasteiger partial charge >= 0.3 is 0 Å². The van der Waals surface area contributed by atoms with Gasteiger partial charge in [0.2, 0.25) is 21.8 Å². The molecule has 7 nitrogen and oxygen atoms in total. The maximum Gasteiger partial charge on any atom is 0.247 e. The van der Waals surface area contributed by atoms with Crippen molar-refractivity contribution in [3.05, 3.63) is 136 Å². The quantitative estimate of drug-likeness (QED) is 0.188. The van der Waals surface area contributed by atoms with Gasteiger partial charge in [0.25, 0.3) is 0 Å². The van der Waals surface area contributed by atoms with E-state index >= 15 is 0 Å². The number of carbonyl (C=O) groups is 2. The summed E-state index contributed by atoms with van der Waals surface area (Å²) in [6.45, 7) is 1.74. The number of rotatable bonds is 13. The lowest BCUT2D eigenvalue weighted by molar-refractivity contribution is -0.141. The number of aryl methyl sites for hydroxylation is 1. The van der Waals surface area contributed by atoms with Crippen LogP contribution >= 0.6 is 11.6 Å². The number of hydrogen-bond donors (Lipinski definition) is 1. The zero-order chi connectivity index (χ0) is 31.6. The maximum atomic E-state index is 14.0. The number of sulfonamides is 1. The second kappa shape index (κ2) is 15.3. The molecular weight excluding hydrogens is 606 g/mol. The van der Waals surface area contributed by atoms with Crippen molar-refractivity contribution in [1.82, 2.24) is 14.5 Å². The largest absolute Gasteiger partial charge is 0.354 e. The van der Waals surface area contributed by atoms with Crippen molar-refractivity contribution in [2.24, 2.45) is 0 Å². The first-order valence-corrected chi connectivity index (χ1v) is 17.1. The van der Waals surface area contributed by atoms with Crippen LogP contribution in [0.1, 0.15) is 47.6 Å². The van der Waals surface area contributed by atoms with Crippen LogP contribution in [0.15, 0.2) is 114 Å². The predicted octanol–water partition coefficient (Wildman–Crippen LogP) is 6.19. The van der Waals surface area contributed by atoms with Crippen molar-refractivity contribution in [1.29, 1.82) is 0 Å². The molecule has 1 atom stereocenters. The molecule has 4 aromatic rings. The van der Waals surface area contributed by atoms with E-state index in [2.05, 4.69) is 5.32 Å². The summed E-state index contributed by atoms with van der Waals surface area (Å²) < 4.78 is 27.4. The molecule has 1 saturated heterocycles. The first-order valence-electron chi connectivity index (χ1n) is 15.3. The molecule has 1 N–H and O–H groups in total. The van der Waals surface area contributed by atoms with Crippen LogP contribution in [0.4, 0.5) is 0 Å². The molecule has 9 heteroatoms. The fraction of sp³-hybridized carbons (Fsp3) is 0.278. The highest BCUT2D eigenvalue weighted by atomic mass is 35.5. The molecule has 0 radical (unpaired) electrons. The summed E-state index contributed by atoms with van der Waals surface area (Å²) >= 11 is 6.14. The summed E-state index contributed by atoms with van der Waals surface area (Å²) in [7, 11) is -3.51. The Morgan fingerprint density at radius 3 is 1.98 bits per heavy atom. The number of hydrogen-bond acceptors (Lipinski definition) is 4. The van der Waals surface area contributed by atoms with Gasteiger partial charge in [-0.2, -0.15) is 4.31 Å². The van der Waals surface area contributed by atoms with E-state index in [-0.39, 0.29) is 29.7 Å². The van der Waals surface area contributed by atoms with E-state index in [0.29, 0.717) is 43.1 Å². The van der Waals surface area contributed by atoms with Crippen molar-refractivity contribution in [2.45, 2.75) is 49.6 Å². The van der Waals surface area contributed by atoms with E-state index in [9.17, 15) is 18.0 Å². The molecule has 45 heavy (non-hydrogen) atoms. The molecule has 0 aliphatic carbocycles. The first-order chi connectivity index (χ1) is 21.8. The predicted molar refractivity (Wildman–Crippen MR) is 177 cm³/mol. The number of halogens is 1. The zero-order valence-electron chi connectivity index (χ0n) is 25.1. The highest BCUT2D eigenvalue weighted by Crippen LogP contribution is 2.26. The van der Waals surface area contributed by atoms with E-state index in [1.54, 1.807) is 41.3 Å². The molecule has 0 bridgehead atoms. The minimum absolute atomic E-state index is 0.145. The van der Waals surface area contributed by atoms with Gasteiger partial charge in [-0.15, -0.1) is 0 Å². The maximum absolute atomic E-state index is 14.0. The van der Waals surface area contributed by atoms with Crippen LogP contribution < -0.4 is 5.32 Å². The molecule has 0 aromatic heterocycles. The lowest BCUT2D eigenvalue weighted by Crippen LogP contribution is -2.44. The molecule has 1 heterocycles. The lowest BCUT2D eigenvalue weighted by Gasteiger charge is -2.32. The minimum Gasteiger partial charge on any atom is -0.354 e. The normalized spacial score (nSPS) is 14.2. The molecule has 1 aliphatic rings. The Kier molecular flexibility index (Phi) is 11.1. The summed E-state index contributed by atoms with van der Waals surface area (Å²) in [5.74, 6) is -0.443. The van der Waals surface area contributed by atoms with Crippen LogP contribution in [-0.2, 0) is 39.0 Å². The SMILES string of the molecule is O=C(NCCc1ccccc1)[C@@H](c1ccccc1)N(Cc1ccc(Cl)cc1)C(=O)CCc1ccc(S(=O)(=O)N2CCCC2)cc1. The van der Waals surface area contributed by atoms with E-state index < -0.39 is 16.1 Å². The molecule has 4 aromatic carbocycles. The number of carbonyl (C=O) groups excluding carboxylic acids is 2. The smallest absolute Gasteiger partial charge is 0.247 e. The van der Waals surface area contributed by atoms with Gasteiger partial charge in [0.15, 0.2) is 0 Å². The first kappa shape index (κ1) is 32.4. The molecule has 0 spiro atoms. The Balaban J connectivity index is 1.35. The van der Waals surface area contributed by atoms with Gasteiger partial charge in [-0.1, -0.05) is 96.5 Å². The number of benzene rings is 4. The summed E-state index contributed by atoms with van der Waals surface area (Å²) in [4.78, 5) is 29.8. The van der Waals surface area contributed by atoms with Gasteiger partial charge in [-0.3, -0.25) is 9.59 Å². The van der Waals surface area contributed by atoms with Crippen molar-refractivity contribution in [3.63, 3.8) is 0 Å². The van der Waals surface area contributed by atoms with E-state index in [4.69, 9.17) is 11.6 Å². The number of nitrogens with one attached hydrogen (secondary N) is 1. The van der Waals surface area contributed by atoms with Crippen molar-refractivity contribution in [2.75, 3.05) is 19.6 Å². The summed E-state index contributed by atoms with van der Waals surface area (Å²) in [5.41, 5.74) is 3.52. The monoisotopic (exact) mass is 643 g/mol. The van der Waals surface area contributed by atoms with Gasteiger partial charge < -0.3 is 10.2 Å². The van der Waals surface area contributed by atoms with Gasteiger partial charge in [0.1, 0.15) is 6.04 Å². The van der Waals surface area contributed by atoms with E-state index in [0.717, 1.165) is 29.5 Å². The van der Waals surface area contributed by atoms with E-state index in [1.807, 2.05) is 72.8 Å². The van der Waals surface area contributed by atoms with Crippen LogP contribution in [0.2, 0.25) is 5.02 Å². The fourth-order valence-corrected chi connectivity index (χ4v) is 7.23. The number of amides is 2. The van der Waals surface area contributed by atoms with Crippen molar-refractivity contribution in [3.8, 4) is 0 Å². The topological polar surface area (TPSA) is 86.8 Å². The van der Waals surface area contributed by atoms with Crippen LogP contribution in [0.5, 0.6) is 0 Å². The molecule has 2 amide bonds. The third kappa shape index (κ3) is 8.60. The summed E-state index contributed by atoms with van der Waals surface area (Å²) in [6.07, 6.45) is 2.97. The average Bonchev–Trinajstić information content (AvgIpc) is 3.62. The molecule has 0 unspecified atom stereocenters. The fourth-order valence-electron chi connectivity index (χ4n) is 5.59. The van der Waals surface area contributed by atoms with Crippen LogP contribution in [0.25, 0.3) is 0 Å². The van der Waals surface area contributed by atoms with Gasteiger partial charge in [-0.05, 0) is 72.2 Å². The van der Waals surface area contributed by atoms with Gasteiger partial charge in [0, 0.05) is 37.6 Å². The third-order valence-corrected chi connectivity index (χ3v) is 10.2. The Bertz CT molecular complexity index is 1660. The molecule has 5 rings (SSSR count). The molecule has 1 aliphatic heterocycles. The van der Waals surface area contributed by atoms with Gasteiger partial charge in [-0.25, -0.2) is 8.42 Å². The Labute approximate surface area is 270 Å². The second-order valence-electron chi connectivity index (χ2n) is 11.2. The summed E-state index contributed by atoms with van der Waals surface area (Å²) in [6, 6.07) is 32.5. The molecule has 234 valence electrons. The molecule has 1 fully saturated rings. The Morgan fingerprint density at radius 2 is 1.33 bits per heavy atom. The minimum atomic E-state index is -3.51. The Hall–Kier alpha value is -3.98. The second-order valence-corrected chi connectivity index (χ2v) is 13.6. The average molecular weight is 644 g/mol. The van der Waals surface area contributed by atoms with E-state index in [1.165, 1.54) is 4.31 Å². The molecule has 0 saturated carbocycles. The standard InChI is InChI=1S/C36H38ClN3O4S/c37-32-18-13-30(14-19-32)27-40(34(41)22-17-29-15-20-33(21-16-29)45(43,44)39-25-7-8-26-39)35(31-11-5-2-6-12-31)36(42)38-24-23-28-9-3-1-4-10-28/h1-6,9-16,18-21,35H,7-8,17,22-27H2,(H,38,42)/t35-/m1/s1. The molecular formula is C36H38ClN3O4S. The van der Waals surface area contributed by atoms with Crippen LogP contribution in [0.3, 0.4) is 0 Å². The van der Waals surface area contributed by atoms with Gasteiger partial charge in [0.05, 0.1) is 4.90 Å². The van der Waals surface area contributed by atoms with Crippen LogP contribution in [0, 0.1) is 0 Å². The lowest BCUT2D eigenvalue weighted by atomic mass is 10.0.